The molecule has 116 valence electrons. The Hall–Kier alpha value is -1.95. The van der Waals surface area contributed by atoms with Crippen LogP contribution in [0.1, 0.15) is 23.3 Å². The monoisotopic (exact) mass is 317 g/mol. The van der Waals surface area contributed by atoms with Crippen LogP contribution >= 0.6 is 11.3 Å². The molecular weight excluding hydrogens is 298 g/mol. The molecule has 1 aliphatic heterocycles. The molecule has 0 saturated carbocycles. The first-order valence-electron chi connectivity index (χ1n) is 7.45. The van der Waals surface area contributed by atoms with Gasteiger partial charge < -0.3 is 9.64 Å². The second-order valence-corrected chi connectivity index (χ2v) is 6.45. The molecule has 3 rings (SSSR count). The van der Waals surface area contributed by atoms with Crippen molar-refractivity contribution < 1.29 is 9.53 Å². The van der Waals surface area contributed by atoms with E-state index in [0.29, 0.717) is 6.42 Å². The highest BCUT2D eigenvalue weighted by Crippen LogP contribution is 2.22. The lowest BCUT2D eigenvalue weighted by atomic mass is 10.1. The van der Waals surface area contributed by atoms with Crippen LogP contribution in [0.3, 0.4) is 0 Å². The summed E-state index contributed by atoms with van der Waals surface area (Å²) < 4.78 is 6.03. The van der Waals surface area contributed by atoms with Crippen molar-refractivity contribution in [1.82, 2.24) is 14.9 Å². The van der Waals surface area contributed by atoms with E-state index in [2.05, 4.69) is 9.97 Å². The molecule has 22 heavy (non-hydrogen) atoms. The number of carbonyl (C=O) groups is 1. The van der Waals surface area contributed by atoms with E-state index in [1.807, 2.05) is 24.1 Å². The third-order valence-electron chi connectivity index (χ3n) is 3.87. The van der Waals surface area contributed by atoms with E-state index in [-0.39, 0.29) is 12.0 Å². The zero-order valence-corrected chi connectivity index (χ0v) is 13.4. The van der Waals surface area contributed by atoms with E-state index in [4.69, 9.17) is 4.74 Å². The van der Waals surface area contributed by atoms with Crippen molar-refractivity contribution in [3.8, 4) is 5.75 Å². The lowest BCUT2D eigenvalue weighted by Gasteiger charge is -2.32. The van der Waals surface area contributed by atoms with Crippen LogP contribution in [0.25, 0.3) is 0 Å². The minimum Gasteiger partial charge on any atom is -0.490 e. The first kappa shape index (κ1) is 15.0. The minimum absolute atomic E-state index is 0.175. The predicted octanol–water partition coefficient (Wildman–Crippen LogP) is 2.46. The molecule has 0 spiro atoms. The fourth-order valence-electron chi connectivity index (χ4n) is 2.59. The fraction of sp³-hybridized carbons (Fsp3) is 0.438. The zero-order chi connectivity index (χ0) is 15.4. The number of hydrogen-bond donors (Lipinski definition) is 0. The number of piperidine rings is 1. The maximum atomic E-state index is 12.2. The number of nitrogens with zero attached hydrogens (tertiary/aromatic N) is 3. The summed E-state index contributed by atoms with van der Waals surface area (Å²) >= 11 is 1.53. The Morgan fingerprint density at radius 3 is 2.86 bits per heavy atom. The number of thiazole rings is 1. The Labute approximate surface area is 134 Å². The fourth-order valence-corrected chi connectivity index (χ4v) is 3.17. The van der Waals surface area contributed by atoms with Crippen LogP contribution in [-0.4, -0.2) is 40.0 Å². The van der Waals surface area contributed by atoms with Gasteiger partial charge in [0.25, 0.3) is 0 Å². The summed E-state index contributed by atoms with van der Waals surface area (Å²) in [7, 11) is 0. The Kier molecular flexibility index (Phi) is 4.68. The number of likely N-dealkylation sites (tertiary alicyclic amines) is 1. The summed E-state index contributed by atoms with van der Waals surface area (Å²) in [5.41, 5.74) is 2.81. The summed E-state index contributed by atoms with van der Waals surface area (Å²) in [6, 6.07) is 1.90. The number of amides is 1. The minimum atomic E-state index is 0.175. The summed E-state index contributed by atoms with van der Waals surface area (Å²) in [5, 5.41) is 0. The van der Waals surface area contributed by atoms with Gasteiger partial charge in [-0.05, 0) is 13.0 Å². The van der Waals surface area contributed by atoms with E-state index in [0.717, 1.165) is 42.1 Å². The van der Waals surface area contributed by atoms with E-state index in [1.54, 1.807) is 17.9 Å². The number of aromatic nitrogens is 2. The highest BCUT2D eigenvalue weighted by molar-refractivity contribution is 7.09. The Bertz CT molecular complexity index is 622. The van der Waals surface area contributed by atoms with Crippen LogP contribution in [-0.2, 0) is 11.2 Å². The summed E-state index contributed by atoms with van der Waals surface area (Å²) in [6.07, 6.45) is 7.70. The van der Waals surface area contributed by atoms with Crippen molar-refractivity contribution in [3.63, 3.8) is 0 Å². The topological polar surface area (TPSA) is 55.3 Å². The van der Waals surface area contributed by atoms with Gasteiger partial charge in [-0.3, -0.25) is 14.8 Å². The molecule has 6 heteroatoms. The Morgan fingerprint density at radius 2 is 2.18 bits per heavy atom. The molecule has 1 saturated heterocycles. The van der Waals surface area contributed by atoms with Gasteiger partial charge in [-0.25, -0.2) is 0 Å². The van der Waals surface area contributed by atoms with Crippen molar-refractivity contribution in [2.75, 3.05) is 13.1 Å². The zero-order valence-electron chi connectivity index (χ0n) is 12.6. The number of aryl methyl sites for hydroxylation is 1. The normalized spacial score (nSPS) is 15.8. The Morgan fingerprint density at radius 1 is 1.36 bits per heavy atom. The number of ether oxygens (including phenoxy) is 1. The van der Waals surface area contributed by atoms with Crippen LogP contribution in [0.2, 0.25) is 0 Å². The van der Waals surface area contributed by atoms with Crippen LogP contribution in [0, 0.1) is 6.92 Å². The highest BCUT2D eigenvalue weighted by atomic mass is 32.1. The lowest BCUT2D eigenvalue weighted by molar-refractivity contribution is -0.132. The standard InChI is InChI=1S/C16H19N3O2S/c1-12-9-17-5-2-15(12)21-13-3-6-19(7-4-13)16(20)8-14-10-18-11-22-14/h2,5,9-11,13H,3-4,6-8H2,1H3. The smallest absolute Gasteiger partial charge is 0.227 e. The third kappa shape index (κ3) is 3.62. The molecule has 1 amide bonds. The molecule has 1 aliphatic rings. The van der Waals surface area contributed by atoms with Gasteiger partial charge in [0.1, 0.15) is 11.9 Å². The van der Waals surface area contributed by atoms with E-state index in [1.165, 1.54) is 11.3 Å². The molecular formula is C16H19N3O2S. The largest absolute Gasteiger partial charge is 0.490 e. The average Bonchev–Trinajstić information content (AvgIpc) is 3.03. The van der Waals surface area contributed by atoms with E-state index < -0.39 is 0 Å². The molecule has 0 bridgehead atoms. The van der Waals surface area contributed by atoms with Crippen molar-refractivity contribution in [3.05, 3.63) is 40.6 Å². The summed E-state index contributed by atoms with van der Waals surface area (Å²) in [4.78, 5) is 23.3. The summed E-state index contributed by atoms with van der Waals surface area (Å²) in [6.45, 7) is 3.51. The van der Waals surface area contributed by atoms with Gasteiger partial charge in [0.2, 0.25) is 5.91 Å². The van der Waals surface area contributed by atoms with Crippen LogP contribution in [0.4, 0.5) is 0 Å². The Balaban J connectivity index is 1.50. The van der Waals surface area contributed by atoms with E-state index in [9.17, 15) is 4.79 Å². The maximum Gasteiger partial charge on any atom is 0.227 e. The number of rotatable bonds is 4. The summed E-state index contributed by atoms with van der Waals surface area (Å²) in [5.74, 6) is 1.08. The van der Waals surface area contributed by atoms with Crippen molar-refractivity contribution >= 4 is 17.2 Å². The van der Waals surface area contributed by atoms with Crippen LogP contribution in [0.5, 0.6) is 5.75 Å². The molecule has 0 radical (unpaired) electrons. The molecule has 5 nitrogen and oxygen atoms in total. The van der Waals surface area contributed by atoms with Crippen molar-refractivity contribution in [2.45, 2.75) is 32.3 Å². The molecule has 1 fully saturated rings. The molecule has 0 atom stereocenters. The molecule has 0 aromatic carbocycles. The van der Waals surface area contributed by atoms with Crippen LogP contribution in [0.15, 0.2) is 30.2 Å². The molecule has 3 heterocycles. The SMILES string of the molecule is Cc1cnccc1OC1CCN(C(=O)Cc2cncs2)CC1. The molecule has 2 aromatic rings. The molecule has 0 N–H and O–H groups in total. The number of hydrogen-bond acceptors (Lipinski definition) is 5. The first-order chi connectivity index (χ1) is 10.7. The van der Waals surface area contributed by atoms with Gasteiger partial charge in [-0.1, -0.05) is 0 Å². The molecule has 2 aromatic heterocycles. The van der Waals surface area contributed by atoms with Crippen molar-refractivity contribution in [1.29, 1.82) is 0 Å². The maximum absolute atomic E-state index is 12.2. The predicted molar refractivity (Wildman–Crippen MR) is 85.0 cm³/mol. The highest BCUT2D eigenvalue weighted by Gasteiger charge is 2.24. The van der Waals surface area contributed by atoms with E-state index >= 15 is 0 Å². The second kappa shape index (κ2) is 6.87. The quantitative estimate of drug-likeness (QED) is 0.869. The van der Waals surface area contributed by atoms with Gasteiger partial charge >= 0.3 is 0 Å². The first-order valence-corrected chi connectivity index (χ1v) is 8.33. The third-order valence-corrected chi connectivity index (χ3v) is 4.65. The second-order valence-electron chi connectivity index (χ2n) is 5.48. The molecule has 0 unspecified atom stereocenters. The number of carbonyl (C=O) groups excluding carboxylic acids is 1. The van der Waals surface area contributed by atoms with Gasteiger partial charge in [-0.2, -0.15) is 0 Å². The van der Waals surface area contributed by atoms with Gasteiger partial charge in [0, 0.05) is 55.0 Å². The molecule has 0 aliphatic carbocycles. The van der Waals surface area contributed by atoms with Gasteiger partial charge in [0.05, 0.1) is 11.9 Å². The number of pyridine rings is 1. The lowest BCUT2D eigenvalue weighted by Crippen LogP contribution is -2.42. The van der Waals surface area contributed by atoms with Gasteiger partial charge in [-0.15, -0.1) is 11.3 Å². The van der Waals surface area contributed by atoms with Crippen molar-refractivity contribution in [2.24, 2.45) is 0 Å². The van der Waals surface area contributed by atoms with Gasteiger partial charge in [0.15, 0.2) is 0 Å². The average molecular weight is 317 g/mol. The van der Waals surface area contributed by atoms with Crippen LogP contribution < -0.4 is 4.74 Å².